The number of halogens is 1. The number of hydrogen-bond donors (Lipinski definition) is 1. The number of hydrogen-bond acceptors (Lipinski definition) is 3. The van der Waals surface area contributed by atoms with Crippen molar-refractivity contribution in [2.75, 3.05) is 11.4 Å². The highest BCUT2D eigenvalue weighted by Gasteiger charge is 2.35. The first kappa shape index (κ1) is 17.6. The quantitative estimate of drug-likeness (QED) is 0.909. The SMILES string of the molecule is Cc1ccc(S(=O)(=O)N[C@@H]2CCN(c3ccc(F)cc3)C2=O)cc1C. The first-order valence-electron chi connectivity index (χ1n) is 7.94. The molecule has 0 aromatic heterocycles. The molecular weight excluding hydrogens is 343 g/mol. The van der Waals surface area contributed by atoms with Crippen molar-refractivity contribution >= 4 is 21.6 Å². The standard InChI is InChI=1S/C18H19FN2O3S/c1-12-3-8-16(11-13(12)2)25(23,24)20-17-9-10-21(18(17)22)15-6-4-14(19)5-7-15/h3-8,11,17,20H,9-10H2,1-2H3/t17-/m1/s1. The van der Waals surface area contributed by atoms with E-state index in [9.17, 15) is 17.6 Å². The van der Waals surface area contributed by atoms with E-state index < -0.39 is 16.1 Å². The van der Waals surface area contributed by atoms with Crippen molar-refractivity contribution in [3.05, 3.63) is 59.4 Å². The van der Waals surface area contributed by atoms with Gasteiger partial charge in [0.05, 0.1) is 4.90 Å². The monoisotopic (exact) mass is 362 g/mol. The van der Waals surface area contributed by atoms with Gasteiger partial charge in [0, 0.05) is 12.2 Å². The van der Waals surface area contributed by atoms with Gasteiger partial charge in [0.1, 0.15) is 11.9 Å². The summed E-state index contributed by atoms with van der Waals surface area (Å²) in [5.41, 5.74) is 2.42. The van der Waals surface area contributed by atoms with Gasteiger partial charge in [-0.25, -0.2) is 12.8 Å². The molecule has 0 bridgehead atoms. The summed E-state index contributed by atoms with van der Waals surface area (Å²) in [6, 6.07) is 9.60. The molecule has 1 aliphatic rings. The summed E-state index contributed by atoms with van der Waals surface area (Å²) in [4.78, 5) is 14.1. The van der Waals surface area contributed by atoms with Gasteiger partial charge in [-0.2, -0.15) is 4.72 Å². The van der Waals surface area contributed by atoms with Crippen molar-refractivity contribution in [1.29, 1.82) is 0 Å². The second-order valence-corrected chi connectivity index (χ2v) is 7.89. The molecule has 5 nitrogen and oxygen atoms in total. The minimum Gasteiger partial charge on any atom is -0.311 e. The summed E-state index contributed by atoms with van der Waals surface area (Å²) in [5.74, 6) is -0.721. The number of rotatable bonds is 4. The van der Waals surface area contributed by atoms with Crippen LogP contribution in [0.2, 0.25) is 0 Å². The Bertz CT molecular complexity index is 910. The average molecular weight is 362 g/mol. The van der Waals surface area contributed by atoms with E-state index in [2.05, 4.69) is 4.72 Å². The van der Waals surface area contributed by atoms with Gasteiger partial charge in [-0.15, -0.1) is 0 Å². The molecule has 0 saturated carbocycles. The Morgan fingerprint density at radius 2 is 1.76 bits per heavy atom. The highest BCUT2D eigenvalue weighted by atomic mass is 32.2. The molecular formula is C18H19FN2O3S. The predicted molar refractivity (Wildman–Crippen MR) is 93.4 cm³/mol. The molecule has 1 atom stereocenters. The number of nitrogens with one attached hydrogen (secondary N) is 1. The first-order chi connectivity index (χ1) is 11.8. The predicted octanol–water partition coefficient (Wildman–Crippen LogP) is 2.53. The zero-order valence-electron chi connectivity index (χ0n) is 14.0. The van der Waals surface area contributed by atoms with E-state index in [1.165, 1.54) is 35.2 Å². The van der Waals surface area contributed by atoms with Gasteiger partial charge in [0.25, 0.3) is 0 Å². The zero-order chi connectivity index (χ0) is 18.2. The Kier molecular flexibility index (Phi) is 4.62. The lowest BCUT2D eigenvalue weighted by molar-refractivity contribution is -0.118. The molecule has 0 spiro atoms. The average Bonchev–Trinajstić information content (AvgIpc) is 2.91. The third kappa shape index (κ3) is 3.57. The Labute approximate surface area is 146 Å². The summed E-state index contributed by atoms with van der Waals surface area (Å²) >= 11 is 0. The Morgan fingerprint density at radius 3 is 2.40 bits per heavy atom. The molecule has 2 aromatic carbocycles. The van der Waals surface area contributed by atoms with Gasteiger partial charge in [-0.1, -0.05) is 6.07 Å². The summed E-state index contributed by atoms with van der Waals surface area (Å²) in [6.07, 6.45) is 0.361. The van der Waals surface area contributed by atoms with Gasteiger partial charge in [-0.3, -0.25) is 4.79 Å². The molecule has 2 aromatic rings. The number of amides is 1. The largest absolute Gasteiger partial charge is 0.311 e. The van der Waals surface area contributed by atoms with Crippen LogP contribution in [0, 0.1) is 19.7 Å². The molecule has 0 unspecified atom stereocenters. The number of benzene rings is 2. The Balaban J connectivity index is 1.78. The fourth-order valence-corrected chi connectivity index (χ4v) is 4.11. The second-order valence-electron chi connectivity index (χ2n) is 6.17. The van der Waals surface area contributed by atoms with E-state index in [4.69, 9.17) is 0 Å². The van der Waals surface area contributed by atoms with E-state index in [-0.39, 0.29) is 16.6 Å². The maximum atomic E-state index is 13.0. The molecule has 132 valence electrons. The number of carbonyl (C=O) groups excluding carboxylic acids is 1. The minimum absolute atomic E-state index is 0.142. The molecule has 25 heavy (non-hydrogen) atoms. The lowest BCUT2D eigenvalue weighted by atomic mass is 10.1. The molecule has 7 heteroatoms. The number of sulfonamides is 1. The van der Waals surface area contributed by atoms with Crippen LogP contribution in [0.15, 0.2) is 47.4 Å². The van der Waals surface area contributed by atoms with Crippen LogP contribution < -0.4 is 9.62 Å². The molecule has 0 aliphatic carbocycles. The Morgan fingerprint density at radius 1 is 1.08 bits per heavy atom. The van der Waals surface area contributed by atoms with E-state index in [1.807, 2.05) is 13.8 Å². The van der Waals surface area contributed by atoms with Crippen molar-refractivity contribution in [2.24, 2.45) is 0 Å². The van der Waals surface area contributed by atoms with Gasteiger partial charge in [-0.05, 0) is 67.8 Å². The first-order valence-corrected chi connectivity index (χ1v) is 9.43. The number of carbonyl (C=O) groups is 1. The van der Waals surface area contributed by atoms with Crippen LogP contribution in [0.1, 0.15) is 17.5 Å². The number of nitrogens with zero attached hydrogens (tertiary/aromatic N) is 1. The molecule has 1 saturated heterocycles. The van der Waals surface area contributed by atoms with Crippen LogP contribution in [-0.4, -0.2) is 26.9 Å². The molecule has 1 fully saturated rings. The van der Waals surface area contributed by atoms with Crippen LogP contribution in [0.5, 0.6) is 0 Å². The van der Waals surface area contributed by atoms with Gasteiger partial charge in [0.2, 0.25) is 15.9 Å². The topological polar surface area (TPSA) is 66.5 Å². The number of aryl methyl sites for hydroxylation is 2. The van der Waals surface area contributed by atoms with E-state index in [0.717, 1.165) is 11.1 Å². The van der Waals surface area contributed by atoms with E-state index in [0.29, 0.717) is 18.7 Å². The molecule has 0 radical (unpaired) electrons. The third-order valence-electron chi connectivity index (χ3n) is 4.43. The molecule has 3 rings (SSSR count). The highest BCUT2D eigenvalue weighted by Crippen LogP contribution is 2.23. The fourth-order valence-electron chi connectivity index (χ4n) is 2.80. The van der Waals surface area contributed by atoms with Crippen molar-refractivity contribution in [1.82, 2.24) is 4.72 Å². The van der Waals surface area contributed by atoms with E-state index >= 15 is 0 Å². The van der Waals surface area contributed by atoms with Gasteiger partial charge < -0.3 is 4.90 Å². The summed E-state index contributed by atoms with van der Waals surface area (Å²) in [5, 5.41) is 0. The second kappa shape index (κ2) is 6.57. The van der Waals surface area contributed by atoms with Crippen LogP contribution >= 0.6 is 0 Å². The van der Waals surface area contributed by atoms with Crippen molar-refractivity contribution in [2.45, 2.75) is 31.2 Å². The van der Waals surface area contributed by atoms with Crippen LogP contribution in [0.3, 0.4) is 0 Å². The molecule has 1 amide bonds. The van der Waals surface area contributed by atoms with Crippen molar-refractivity contribution in [3.8, 4) is 0 Å². The molecule has 1 N–H and O–H groups in total. The van der Waals surface area contributed by atoms with Gasteiger partial charge >= 0.3 is 0 Å². The number of anilines is 1. The normalized spacial score (nSPS) is 18.0. The van der Waals surface area contributed by atoms with E-state index in [1.54, 1.807) is 12.1 Å². The van der Waals surface area contributed by atoms with Crippen molar-refractivity contribution in [3.63, 3.8) is 0 Å². The zero-order valence-corrected chi connectivity index (χ0v) is 14.8. The minimum atomic E-state index is -3.79. The maximum Gasteiger partial charge on any atom is 0.245 e. The summed E-state index contributed by atoms with van der Waals surface area (Å²) in [6.45, 7) is 4.12. The molecule has 1 aliphatic heterocycles. The maximum absolute atomic E-state index is 13.0. The summed E-state index contributed by atoms with van der Waals surface area (Å²) < 4.78 is 40.6. The summed E-state index contributed by atoms with van der Waals surface area (Å²) in [7, 11) is -3.79. The third-order valence-corrected chi connectivity index (χ3v) is 5.90. The Hall–Kier alpha value is -2.25. The molecule has 1 heterocycles. The fraction of sp³-hybridized carbons (Fsp3) is 0.278. The van der Waals surface area contributed by atoms with Crippen LogP contribution in [0.25, 0.3) is 0 Å². The lowest BCUT2D eigenvalue weighted by Crippen LogP contribution is -2.41. The lowest BCUT2D eigenvalue weighted by Gasteiger charge is -2.17. The van der Waals surface area contributed by atoms with Crippen LogP contribution in [0.4, 0.5) is 10.1 Å². The van der Waals surface area contributed by atoms with Crippen molar-refractivity contribution < 1.29 is 17.6 Å². The van der Waals surface area contributed by atoms with Crippen LogP contribution in [-0.2, 0) is 14.8 Å². The highest BCUT2D eigenvalue weighted by molar-refractivity contribution is 7.89. The smallest absolute Gasteiger partial charge is 0.245 e. The van der Waals surface area contributed by atoms with Gasteiger partial charge in [0.15, 0.2) is 0 Å².